The summed E-state index contributed by atoms with van der Waals surface area (Å²) in [4.78, 5) is 19.6. The molecule has 1 amide bonds. The van der Waals surface area contributed by atoms with Crippen LogP contribution in [-0.2, 0) is 24.3 Å². The first kappa shape index (κ1) is 24.2. The van der Waals surface area contributed by atoms with E-state index in [0.717, 1.165) is 50.9 Å². The molecule has 1 saturated heterocycles. The number of fused-ring (bicyclic) bond motifs is 3. The zero-order valence-electron chi connectivity index (χ0n) is 21.7. The van der Waals surface area contributed by atoms with Crippen LogP contribution in [0, 0.1) is 10.8 Å². The molecular formula is C28H40N4O3. The molecule has 3 unspecified atom stereocenters. The highest BCUT2D eigenvalue weighted by molar-refractivity contribution is 5.78. The Bertz CT molecular complexity index is 1060. The summed E-state index contributed by atoms with van der Waals surface area (Å²) in [5.74, 6) is 2.60. The fraction of sp³-hybridized carbons (Fsp3) is 0.643. The number of nitrogens with one attached hydrogen (secondary N) is 1. The number of hydrogen-bond donors (Lipinski definition) is 1. The van der Waals surface area contributed by atoms with Gasteiger partial charge in [-0.25, -0.2) is 4.98 Å². The second kappa shape index (κ2) is 9.49. The first-order chi connectivity index (χ1) is 16.7. The van der Waals surface area contributed by atoms with Crippen molar-refractivity contribution in [2.75, 3.05) is 19.8 Å². The number of carbonyl (C=O) groups excluding carboxylic acids is 1. The van der Waals surface area contributed by atoms with Gasteiger partial charge in [0.05, 0.1) is 6.61 Å². The fourth-order valence-corrected chi connectivity index (χ4v) is 6.82. The molecule has 1 saturated carbocycles. The Morgan fingerprint density at radius 2 is 2.06 bits per heavy atom. The van der Waals surface area contributed by atoms with Crippen LogP contribution in [0.15, 0.2) is 30.6 Å². The molecule has 3 aliphatic rings. The normalized spacial score (nSPS) is 26.9. The van der Waals surface area contributed by atoms with E-state index in [0.29, 0.717) is 30.2 Å². The molecule has 1 N–H and O–H groups in total. The maximum absolute atomic E-state index is 13.1. The predicted molar refractivity (Wildman–Crippen MR) is 136 cm³/mol. The van der Waals surface area contributed by atoms with Crippen molar-refractivity contribution in [3.63, 3.8) is 0 Å². The minimum Gasteiger partial charge on any atom is -0.490 e. The second-order valence-electron chi connectivity index (χ2n) is 11.9. The largest absolute Gasteiger partial charge is 0.490 e. The summed E-state index contributed by atoms with van der Waals surface area (Å²) in [5.41, 5.74) is 1.66. The van der Waals surface area contributed by atoms with E-state index in [4.69, 9.17) is 9.47 Å². The number of likely N-dealkylation sites (tertiary alicyclic amines) is 1. The number of hydrogen-bond acceptors (Lipinski definition) is 5. The standard InChI is InChI=1S/C28H40N4O3/c1-5-34-24-12-20(15-30-21-7-9-25-29-10-11-31(25)16-21)6-8-23(24)35-17-26(33)32-19-28(4)14-22(32)13-27(2,3)18-28/h6,8,10-12,21-22,30H,5,7,9,13-19H2,1-4H3. The molecule has 5 rings (SSSR count). The van der Waals surface area contributed by atoms with Crippen molar-refractivity contribution in [1.29, 1.82) is 0 Å². The topological polar surface area (TPSA) is 68.6 Å². The van der Waals surface area contributed by atoms with E-state index in [9.17, 15) is 4.79 Å². The van der Waals surface area contributed by atoms with Gasteiger partial charge in [0.25, 0.3) is 5.91 Å². The molecule has 35 heavy (non-hydrogen) atoms. The number of aromatic nitrogens is 2. The van der Waals surface area contributed by atoms with Gasteiger partial charge in [0, 0.05) is 50.5 Å². The highest BCUT2D eigenvalue weighted by Crippen LogP contribution is 2.52. The predicted octanol–water partition coefficient (Wildman–Crippen LogP) is 4.19. The molecule has 2 aromatic rings. The smallest absolute Gasteiger partial charge is 0.260 e. The Morgan fingerprint density at radius 3 is 2.89 bits per heavy atom. The highest BCUT2D eigenvalue weighted by atomic mass is 16.5. The molecule has 2 aliphatic heterocycles. The van der Waals surface area contributed by atoms with Gasteiger partial charge in [-0.3, -0.25) is 4.79 Å². The van der Waals surface area contributed by atoms with Crippen LogP contribution in [0.25, 0.3) is 0 Å². The van der Waals surface area contributed by atoms with Crippen molar-refractivity contribution in [2.45, 2.75) is 85.0 Å². The summed E-state index contributed by atoms with van der Waals surface area (Å²) < 4.78 is 14.1. The molecule has 7 heteroatoms. The van der Waals surface area contributed by atoms with Gasteiger partial charge in [0.1, 0.15) is 5.82 Å². The van der Waals surface area contributed by atoms with E-state index in [1.54, 1.807) is 0 Å². The van der Waals surface area contributed by atoms with Crippen LogP contribution < -0.4 is 14.8 Å². The molecule has 7 nitrogen and oxygen atoms in total. The second-order valence-corrected chi connectivity index (χ2v) is 11.9. The minimum absolute atomic E-state index is 0.0555. The molecule has 3 atom stereocenters. The number of benzene rings is 1. The quantitative estimate of drug-likeness (QED) is 0.614. The van der Waals surface area contributed by atoms with Crippen LogP contribution in [0.1, 0.15) is 64.8 Å². The molecule has 1 aliphatic carbocycles. The van der Waals surface area contributed by atoms with Crippen molar-refractivity contribution in [3.05, 3.63) is 42.0 Å². The summed E-state index contributed by atoms with van der Waals surface area (Å²) in [5, 5.41) is 3.67. The van der Waals surface area contributed by atoms with Gasteiger partial charge in [-0.05, 0) is 61.1 Å². The van der Waals surface area contributed by atoms with Crippen LogP contribution in [0.5, 0.6) is 11.5 Å². The Balaban J connectivity index is 1.18. The maximum Gasteiger partial charge on any atom is 0.260 e. The average Bonchev–Trinajstić information content (AvgIpc) is 3.37. The lowest BCUT2D eigenvalue weighted by Gasteiger charge is -2.39. The van der Waals surface area contributed by atoms with Gasteiger partial charge in [-0.2, -0.15) is 0 Å². The van der Waals surface area contributed by atoms with Crippen LogP contribution in [0.4, 0.5) is 0 Å². The Labute approximate surface area is 209 Å². The third-order valence-electron chi connectivity index (χ3n) is 7.92. The SMILES string of the molecule is CCOc1cc(CNC2CCc3nccn3C2)ccc1OCC(=O)N1CC2(C)CC1CC(C)(C)C2. The number of carbonyl (C=O) groups is 1. The molecular weight excluding hydrogens is 440 g/mol. The zero-order valence-corrected chi connectivity index (χ0v) is 21.7. The summed E-state index contributed by atoms with van der Waals surface area (Å²) in [7, 11) is 0. The Kier molecular flexibility index (Phi) is 6.55. The van der Waals surface area contributed by atoms with Gasteiger partial charge in [0.15, 0.2) is 18.1 Å². The van der Waals surface area contributed by atoms with E-state index in [-0.39, 0.29) is 23.3 Å². The number of nitrogens with zero attached hydrogens (tertiary/aromatic N) is 3. The van der Waals surface area contributed by atoms with Crippen molar-refractivity contribution >= 4 is 5.91 Å². The van der Waals surface area contributed by atoms with Gasteiger partial charge >= 0.3 is 0 Å². The lowest BCUT2D eigenvalue weighted by Crippen LogP contribution is -2.40. The highest BCUT2D eigenvalue weighted by Gasteiger charge is 2.50. The molecule has 3 heterocycles. The zero-order chi connectivity index (χ0) is 24.6. The summed E-state index contributed by atoms with van der Waals surface area (Å²) in [6.07, 6.45) is 9.39. The molecule has 190 valence electrons. The van der Waals surface area contributed by atoms with Crippen molar-refractivity contribution < 1.29 is 14.3 Å². The lowest BCUT2D eigenvalue weighted by molar-refractivity contribution is -0.134. The van der Waals surface area contributed by atoms with Crippen LogP contribution >= 0.6 is 0 Å². The van der Waals surface area contributed by atoms with E-state index < -0.39 is 0 Å². The Hall–Kier alpha value is -2.54. The number of aryl methyl sites for hydroxylation is 1. The molecule has 2 bridgehead atoms. The number of ether oxygens (including phenoxy) is 2. The minimum atomic E-state index is 0.0555. The van der Waals surface area contributed by atoms with Crippen LogP contribution in [0.3, 0.4) is 0 Å². The molecule has 2 fully saturated rings. The summed E-state index contributed by atoms with van der Waals surface area (Å²) in [6.45, 7) is 12.1. The van der Waals surface area contributed by atoms with Crippen molar-refractivity contribution in [3.8, 4) is 11.5 Å². The first-order valence-corrected chi connectivity index (χ1v) is 13.1. The van der Waals surface area contributed by atoms with E-state index in [2.05, 4.69) is 52.8 Å². The van der Waals surface area contributed by atoms with Crippen LogP contribution in [-0.4, -0.2) is 52.2 Å². The average molecular weight is 481 g/mol. The molecule has 1 aromatic heterocycles. The van der Waals surface area contributed by atoms with Crippen molar-refractivity contribution in [2.24, 2.45) is 10.8 Å². The lowest BCUT2D eigenvalue weighted by atomic mass is 9.65. The van der Waals surface area contributed by atoms with Gasteiger partial charge in [-0.1, -0.05) is 26.8 Å². The van der Waals surface area contributed by atoms with E-state index >= 15 is 0 Å². The number of rotatable bonds is 8. The van der Waals surface area contributed by atoms with Gasteiger partial charge in [0.2, 0.25) is 0 Å². The molecule has 0 radical (unpaired) electrons. The van der Waals surface area contributed by atoms with Gasteiger partial charge in [-0.15, -0.1) is 0 Å². The third kappa shape index (κ3) is 5.35. The van der Waals surface area contributed by atoms with E-state index in [1.165, 1.54) is 12.2 Å². The maximum atomic E-state index is 13.1. The van der Waals surface area contributed by atoms with E-state index in [1.807, 2.05) is 25.3 Å². The van der Waals surface area contributed by atoms with Crippen molar-refractivity contribution in [1.82, 2.24) is 19.8 Å². The molecule has 1 aromatic carbocycles. The third-order valence-corrected chi connectivity index (χ3v) is 7.92. The molecule has 0 spiro atoms. The number of amides is 1. The van der Waals surface area contributed by atoms with Crippen LogP contribution in [0.2, 0.25) is 0 Å². The fourth-order valence-electron chi connectivity index (χ4n) is 6.82. The summed E-state index contributed by atoms with van der Waals surface area (Å²) >= 11 is 0. The Morgan fingerprint density at radius 1 is 1.20 bits per heavy atom. The monoisotopic (exact) mass is 480 g/mol. The number of imidazole rings is 1. The van der Waals surface area contributed by atoms with Gasteiger partial charge < -0.3 is 24.3 Å². The first-order valence-electron chi connectivity index (χ1n) is 13.1. The summed E-state index contributed by atoms with van der Waals surface area (Å²) in [6, 6.07) is 6.79.